The minimum absolute atomic E-state index is 0. The van der Waals surface area contributed by atoms with E-state index in [1.54, 1.807) is 11.3 Å². The van der Waals surface area contributed by atoms with Crippen LogP contribution in [0.4, 0.5) is 5.82 Å². The lowest BCUT2D eigenvalue weighted by molar-refractivity contribution is -0.840. The number of carbonyl (C=O) groups excluding carboxylic acids is 1. The molecule has 2 aromatic rings. The van der Waals surface area contributed by atoms with Gasteiger partial charge in [-0.1, -0.05) is 12.1 Å². The fourth-order valence-electron chi connectivity index (χ4n) is 2.53. The number of hydrogen-bond donors (Lipinski definition) is 1. The van der Waals surface area contributed by atoms with Crippen molar-refractivity contribution in [3.05, 3.63) is 46.8 Å². The van der Waals surface area contributed by atoms with Crippen molar-refractivity contribution in [2.45, 2.75) is 6.42 Å². The Morgan fingerprint density at radius 1 is 1.24 bits per heavy atom. The van der Waals surface area contributed by atoms with Gasteiger partial charge >= 0.3 is 0 Å². The van der Waals surface area contributed by atoms with Crippen molar-refractivity contribution in [2.24, 2.45) is 0 Å². The Balaban J connectivity index is 0.00000161. The summed E-state index contributed by atoms with van der Waals surface area (Å²) in [4.78, 5) is 21.1. The van der Waals surface area contributed by atoms with Gasteiger partial charge in [-0.2, -0.15) is 0 Å². The third-order valence-corrected chi connectivity index (χ3v) is 4.53. The summed E-state index contributed by atoms with van der Waals surface area (Å²) in [5.74, 6) is 1.32. The molecule has 0 aliphatic carbocycles. The summed E-state index contributed by atoms with van der Waals surface area (Å²) < 4.78 is 0. The predicted molar refractivity (Wildman–Crippen MR) is 79.2 cm³/mol. The first kappa shape index (κ1) is 15.9. The lowest BCUT2D eigenvalue weighted by Crippen LogP contribution is -3.10. The number of amides is 1. The number of pyridine rings is 1. The smallest absolute Gasteiger partial charge is 0.228 e. The SMILES string of the molecule is O=C(Cc1cccs1)N1CC[NH+](c2ccccn2)CC1.[Cl-]. The zero-order chi connectivity index (χ0) is 13.8. The maximum Gasteiger partial charge on any atom is 0.228 e. The number of piperazine rings is 1. The zero-order valence-electron chi connectivity index (χ0n) is 11.7. The molecule has 3 rings (SSSR count). The molecule has 0 saturated carbocycles. The maximum absolute atomic E-state index is 12.2. The number of nitrogens with one attached hydrogen (secondary N) is 1. The summed E-state index contributed by atoms with van der Waals surface area (Å²) in [6.07, 6.45) is 2.37. The molecule has 1 amide bonds. The van der Waals surface area contributed by atoms with E-state index in [2.05, 4.69) is 11.1 Å². The second-order valence-corrected chi connectivity index (χ2v) is 5.99. The molecule has 1 aliphatic heterocycles. The molecule has 6 heteroatoms. The molecule has 0 unspecified atom stereocenters. The van der Waals surface area contributed by atoms with Crippen LogP contribution >= 0.6 is 11.3 Å². The van der Waals surface area contributed by atoms with Crippen molar-refractivity contribution in [3.63, 3.8) is 0 Å². The van der Waals surface area contributed by atoms with E-state index in [1.165, 1.54) is 4.90 Å². The van der Waals surface area contributed by atoms with Gasteiger partial charge in [-0.3, -0.25) is 9.69 Å². The molecule has 3 heterocycles. The normalized spacial score (nSPS) is 15.5. The molecule has 1 saturated heterocycles. The van der Waals surface area contributed by atoms with Crippen molar-refractivity contribution in [1.29, 1.82) is 0 Å². The van der Waals surface area contributed by atoms with Crippen LogP contribution in [0.25, 0.3) is 0 Å². The Morgan fingerprint density at radius 2 is 2.05 bits per heavy atom. The van der Waals surface area contributed by atoms with E-state index in [4.69, 9.17) is 0 Å². The molecule has 0 aromatic carbocycles. The van der Waals surface area contributed by atoms with Gasteiger partial charge in [-0.05, 0) is 17.5 Å². The van der Waals surface area contributed by atoms with Crippen molar-refractivity contribution in [1.82, 2.24) is 9.88 Å². The average Bonchev–Trinajstić information content (AvgIpc) is 3.01. The molecule has 21 heavy (non-hydrogen) atoms. The number of carbonyl (C=O) groups is 1. The topological polar surface area (TPSA) is 37.6 Å². The van der Waals surface area contributed by atoms with E-state index in [1.807, 2.05) is 40.7 Å². The lowest BCUT2D eigenvalue weighted by Gasteiger charge is -2.31. The van der Waals surface area contributed by atoms with Gasteiger partial charge in [0.2, 0.25) is 11.7 Å². The summed E-state index contributed by atoms with van der Waals surface area (Å²) in [5, 5.41) is 2.02. The third-order valence-electron chi connectivity index (χ3n) is 3.65. The van der Waals surface area contributed by atoms with Crippen molar-refractivity contribution < 1.29 is 22.1 Å². The summed E-state index contributed by atoms with van der Waals surface area (Å²) in [6.45, 7) is 3.51. The van der Waals surface area contributed by atoms with E-state index in [0.29, 0.717) is 6.42 Å². The minimum Gasteiger partial charge on any atom is -1.00 e. The third kappa shape index (κ3) is 4.03. The largest absolute Gasteiger partial charge is 1.00 e. The highest BCUT2D eigenvalue weighted by Crippen LogP contribution is 2.10. The summed E-state index contributed by atoms with van der Waals surface area (Å²) in [5.41, 5.74) is 0. The Hall–Kier alpha value is -1.43. The highest BCUT2D eigenvalue weighted by atomic mass is 35.5. The molecule has 1 N–H and O–H groups in total. The van der Waals surface area contributed by atoms with Crippen LogP contribution < -0.4 is 17.3 Å². The summed E-state index contributed by atoms with van der Waals surface area (Å²) >= 11 is 1.65. The highest BCUT2D eigenvalue weighted by Gasteiger charge is 2.25. The summed E-state index contributed by atoms with van der Waals surface area (Å²) in [7, 11) is 0. The van der Waals surface area contributed by atoms with Crippen LogP contribution in [0.2, 0.25) is 0 Å². The molecule has 4 nitrogen and oxygen atoms in total. The minimum atomic E-state index is 0. The van der Waals surface area contributed by atoms with Gasteiger partial charge in [-0.25, -0.2) is 4.98 Å². The average molecular weight is 324 g/mol. The van der Waals surface area contributed by atoms with E-state index < -0.39 is 0 Å². The van der Waals surface area contributed by atoms with Crippen LogP contribution in [-0.2, 0) is 11.2 Å². The number of halogens is 1. The number of thiophene rings is 1. The van der Waals surface area contributed by atoms with Gasteiger partial charge in [-0.15, -0.1) is 11.3 Å². The molecule has 112 valence electrons. The highest BCUT2D eigenvalue weighted by molar-refractivity contribution is 7.10. The number of aromatic nitrogens is 1. The molecule has 1 fully saturated rings. The fourth-order valence-corrected chi connectivity index (χ4v) is 3.22. The fraction of sp³-hybridized carbons (Fsp3) is 0.333. The van der Waals surface area contributed by atoms with Crippen LogP contribution in [0.5, 0.6) is 0 Å². The second kappa shape index (κ2) is 7.54. The number of rotatable bonds is 3. The molecule has 0 atom stereocenters. The van der Waals surface area contributed by atoms with Gasteiger partial charge in [0.05, 0.1) is 19.5 Å². The van der Waals surface area contributed by atoms with Gasteiger partial charge < -0.3 is 17.3 Å². The second-order valence-electron chi connectivity index (χ2n) is 4.96. The Morgan fingerprint density at radius 3 is 2.67 bits per heavy atom. The Labute approximate surface area is 134 Å². The number of quaternary nitrogens is 1. The van der Waals surface area contributed by atoms with Crippen LogP contribution in [0, 0.1) is 0 Å². The molecule has 0 radical (unpaired) electrons. The lowest BCUT2D eigenvalue weighted by atomic mass is 10.2. The molecule has 2 aromatic heterocycles. The summed E-state index contributed by atoms with van der Waals surface area (Å²) in [6, 6.07) is 10.0. The van der Waals surface area contributed by atoms with Crippen molar-refractivity contribution in [2.75, 3.05) is 26.2 Å². The predicted octanol–water partition coefficient (Wildman–Crippen LogP) is -2.25. The van der Waals surface area contributed by atoms with Crippen LogP contribution in [0.1, 0.15) is 4.88 Å². The molecule has 0 spiro atoms. The maximum atomic E-state index is 12.2. The quantitative estimate of drug-likeness (QED) is 0.693. The van der Waals surface area contributed by atoms with Gasteiger partial charge in [0.1, 0.15) is 13.1 Å². The first-order chi connectivity index (χ1) is 9.83. The Bertz CT molecular complexity index is 554. The molecule has 0 bridgehead atoms. The van der Waals surface area contributed by atoms with Crippen LogP contribution in [0.3, 0.4) is 0 Å². The first-order valence-corrected chi connectivity index (χ1v) is 7.77. The van der Waals surface area contributed by atoms with E-state index in [-0.39, 0.29) is 18.3 Å². The van der Waals surface area contributed by atoms with Crippen LogP contribution in [0.15, 0.2) is 41.9 Å². The van der Waals surface area contributed by atoms with Crippen molar-refractivity contribution in [3.8, 4) is 0 Å². The molecule has 1 aliphatic rings. The monoisotopic (exact) mass is 323 g/mol. The van der Waals surface area contributed by atoms with Gasteiger partial charge in [0.15, 0.2) is 0 Å². The van der Waals surface area contributed by atoms with E-state index in [0.717, 1.165) is 36.9 Å². The Kier molecular flexibility index (Phi) is 5.73. The van der Waals surface area contributed by atoms with E-state index >= 15 is 0 Å². The number of hydrogen-bond acceptors (Lipinski definition) is 3. The van der Waals surface area contributed by atoms with Gasteiger partial charge in [0, 0.05) is 17.1 Å². The standard InChI is InChI=1S/C15H17N3OS.ClH/c19-15(12-13-4-3-11-20-13)18-9-7-17(8-10-18)14-5-1-2-6-16-14;/h1-6,11H,7-10,12H2;1H. The first-order valence-electron chi connectivity index (χ1n) is 6.89. The number of nitrogens with zero attached hydrogens (tertiary/aromatic N) is 2. The molecular weight excluding hydrogens is 306 g/mol. The molecular formula is C15H18ClN3OS. The van der Waals surface area contributed by atoms with Crippen LogP contribution in [-0.4, -0.2) is 42.0 Å². The van der Waals surface area contributed by atoms with Gasteiger partial charge in [0.25, 0.3) is 0 Å². The van der Waals surface area contributed by atoms with E-state index in [9.17, 15) is 4.79 Å². The van der Waals surface area contributed by atoms with Crippen molar-refractivity contribution >= 4 is 23.1 Å². The zero-order valence-corrected chi connectivity index (χ0v) is 13.2.